The van der Waals surface area contributed by atoms with Crippen LogP contribution in [0.1, 0.15) is 70.0 Å². The molecule has 4 N–H and O–H groups in total. The number of nitrogens with zero attached hydrogens (tertiary/aromatic N) is 3. The summed E-state index contributed by atoms with van der Waals surface area (Å²) in [5.41, 5.74) is 7.65. The highest BCUT2D eigenvalue weighted by Gasteiger charge is 2.35. The number of amides is 3. The van der Waals surface area contributed by atoms with Crippen molar-refractivity contribution >= 4 is 29.3 Å². The summed E-state index contributed by atoms with van der Waals surface area (Å²) in [6.45, 7) is 9.96. The number of nitrogens with one attached hydrogen (secondary N) is 1. The average molecular weight is 626 g/mol. The third-order valence-electron chi connectivity index (χ3n) is 8.93. The quantitative estimate of drug-likeness (QED) is 0.346. The normalized spacial score (nSPS) is 18.0. The monoisotopic (exact) mass is 625 g/mol. The lowest BCUT2D eigenvalue weighted by molar-refractivity contribution is -0.138. The fraction of sp³-hybridized carbons (Fsp3) is 0.559. The van der Waals surface area contributed by atoms with Crippen LogP contribution in [0.2, 0.25) is 5.02 Å². The molecule has 0 radical (unpaired) electrons. The van der Waals surface area contributed by atoms with E-state index in [0.717, 1.165) is 50.9 Å². The Morgan fingerprint density at radius 2 is 1.52 bits per heavy atom. The summed E-state index contributed by atoms with van der Waals surface area (Å²) >= 11 is 6.09. The largest absolute Gasteiger partial charge is 0.508 e. The lowest BCUT2D eigenvalue weighted by Gasteiger charge is -2.46. The van der Waals surface area contributed by atoms with Crippen molar-refractivity contribution in [2.75, 3.05) is 32.7 Å². The smallest absolute Gasteiger partial charge is 0.245 e. The van der Waals surface area contributed by atoms with Crippen LogP contribution in [0.5, 0.6) is 5.75 Å². The van der Waals surface area contributed by atoms with Gasteiger partial charge in [0.2, 0.25) is 17.7 Å². The molecule has 0 saturated carbocycles. The van der Waals surface area contributed by atoms with Crippen molar-refractivity contribution < 1.29 is 19.5 Å². The second-order valence-electron chi connectivity index (χ2n) is 12.7. The van der Waals surface area contributed by atoms with Gasteiger partial charge in [-0.05, 0) is 55.4 Å². The van der Waals surface area contributed by atoms with Crippen LogP contribution in [0.25, 0.3) is 0 Å². The number of hydrogen-bond donors (Lipinski definition) is 3. The Morgan fingerprint density at radius 1 is 0.955 bits per heavy atom. The van der Waals surface area contributed by atoms with Crippen LogP contribution in [0.3, 0.4) is 0 Å². The molecule has 3 amide bonds. The molecule has 2 fully saturated rings. The summed E-state index contributed by atoms with van der Waals surface area (Å²) in [4.78, 5) is 45.4. The van der Waals surface area contributed by atoms with E-state index in [2.05, 4.69) is 24.1 Å². The Kier molecular flexibility index (Phi) is 12.1. The van der Waals surface area contributed by atoms with Crippen molar-refractivity contribution in [3.63, 3.8) is 0 Å². The van der Waals surface area contributed by atoms with Gasteiger partial charge >= 0.3 is 0 Å². The minimum absolute atomic E-state index is 0.0420. The standard InChI is InChI=1S/C34H48ClN5O4/c1-23(2)22-40(27-12-16-38(17-13-27)24(3)41)28-14-18-39(19-15-28)34(44)31(20-25-8-10-26(35)11-9-25)37-33(43)21-30(36)29-6-4-5-7-32(29)42/h4-11,23,27-28,30-31,42H,12-22,36H2,1-3H3,(H,37,43)/t30-,31-/m1/s1. The first-order valence-electron chi connectivity index (χ1n) is 15.9. The molecule has 2 aromatic carbocycles. The van der Waals surface area contributed by atoms with Crippen molar-refractivity contribution in [3.05, 3.63) is 64.7 Å². The van der Waals surface area contributed by atoms with Gasteiger partial charge in [-0.1, -0.05) is 55.8 Å². The molecule has 0 spiro atoms. The number of para-hydroxylation sites is 1. The van der Waals surface area contributed by atoms with E-state index in [4.69, 9.17) is 17.3 Å². The maximum Gasteiger partial charge on any atom is 0.245 e. The molecule has 2 aliphatic rings. The summed E-state index contributed by atoms with van der Waals surface area (Å²) in [6.07, 6.45) is 3.96. The van der Waals surface area contributed by atoms with Crippen molar-refractivity contribution in [1.82, 2.24) is 20.0 Å². The van der Waals surface area contributed by atoms with E-state index < -0.39 is 12.1 Å². The number of hydrogen-bond acceptors (Lipinski definition) is 6. The Balaban J connectivity index is 1.41. The third kappa shape index (κ3) is 9.19. The number of nitrogens with two attached hydrogens (primary N) is 1. The van der Waals surface area contributed by atoms with Crippen molar-refractivity contribution in [2.45, 2.75) is 83.5 Å². The highest BCUT2D eigenvalue weighted by atomic mass is 35.5. The van der Waals surface area contributed by atoms with E-state index in [9.17, 15) is 19.5 Å². The van der Waals surface area contributed by atoms with Gasteiger partial charge in [-0.3, -0.25) is 19.3 Å². The number of benzene rings is 2. The van der Waals surface area contributed by atoms with Gasteiger partial charge in [0.05, 0.1) is 0 Å². The SMILES string of the molecule is CC(=O)N1CCC(N(CC(C)C)C2CCN(C(=O)[C@@H](Cc3ccc(Cl)cc3)NC(=O)C[C@@H](N)c3ccccc3O)CC2)CC1. The number of rotatable bonds is 11. The fourth-order valence-corrected chi connectivity index (χ4v) is 6.71. The lowest BCUT2D eigenvalue weighted by atomic mass is 9.94. The molecule has 0 aromatic heterocycles. The Hall–Kier alpha value is -3.14. The number of carbonyl (C=O) groups is 3. The van der Waals surface area contributed by atoms with Crippen LogP contribution in [0, 0.1) is 5.92 Å². The number of phenolic OH excluding ortho intramolecular Hbond substituents is 1. The van der Waals surface area contributed by atoms with E-state index in [1.165, 1.54) is 0 Å². The molecule has 44 heavy (non-hydrogen) atoms. The molecule has 240 valence electrons. The van der Waals surface area contributed by atoms with E-state index in [0.29, 0.717) is 48.1 Å². The van der Waals surface area contributed by atoms with E-state index in [-0.39, 0.29) is 29.9 Å². The minimum atomic E-state index is -0.750. The zero-order valence-electron chi connectivity index (χ0n) is 26.3. The van der Waals surface area contributed by atoms with Crippen molar-refractivity contribution in [3.8, 4) is 5.75 Å². The predicted molar refractivity (Wildman–Crippen MR) is 173 cm³/mol. The molecule has 2 aromatic rings. The van der Waals surface area contributed by atoms with Gasteiger partial charge in [0.1, 0.15) is 11.8 Å². The number of halogens is 1. The number of piperidine rings is 2. The average Bonchev–Trinajstić information content (AvgIpc) is 3.00. The first kappa shape index (κ1) is 33.7. The number of likely N-dealkylation sites (tertiary alicyclic amines) is 2. The van der Waals surface area contributed by atoms with Gasteiger partial charge < -0.3 is 26.0 Å². The molecule has 0 aliphatic carbocycles. The molecular formula is C34H48ClN5O4. The predicted octanol–water partition coefficient (Wildman–Crippen LogP) is 4.12. The maximum atomic E-state index is 13.9. The number of carbonyl (C=O) groups excluding carboxylic acids is 3. The number of phenols is 1. The van der Waals surface area contributed by atoms with Crippen LogP contribution in [0.15, 0.2) is 48.5 Å². The number of aromatic hydroxyl groups is 1. The van der Waals surface area contributed by atoms with Gasteiger partial charge in [-0.25, -0.2) is 0 Å². The molecule has 2 aliphatic heterocycles. The van der Waals surface area contributed by atoms with Gasteiger partial charge in [0.25, 0.3) is 0 Å². The maximum absolute atomic E-state index is 13.9. The summed E-state index contributed by atoms with van der Waals surface area (Å²) in [5, 5.41) is 13.7. The lowest BCUT2D eigenvalue weighted by Crippen LogP contribution is -2.56. The molecule has 2 heterocycles. The van der Waals surface area contributed by atoms with Crippen LogP contribution >= 0.6 is 11.6 Å². The minimum Gasteiger partial charge on any atom is -0.508 e. The molecule has 9 nitrogen and oxygen atoms in total. The first-order chi connectivity index (χ1) is 21.0. The van der Waals surface area contributed by atoms with Crippen LogP contribution in [-0.2, 0) is 20.8 Å². The van der Waals surface area contributed by atoms with E-state index in [1.54, 1.807) is 43.3 Å². The summed E-state index contributed by atoms with van der Waals surface area (Å²) < 4.78 is 0. The molecule has 10 heteroatoms. The zero-order valence-corrected chi connectivity index (χ0v) is 27.0. The highest BCUT2D eigenvalue weighted by Crippen LogP contribution is 2.27. The Morgan fingerprint density at radius 3 is 2.07 bits per heavy atom. The van der Waals surface area contributed by atoms with Gasteiger partial charge in [0.15, 0.2) is 0 Å². The summed E-state index contributed by atoms with van der Waals surface area (Å²) in [5.74, 6) is 0.256. The highest BCUT2D eigenvalue weighted by molar-refractivity contribution is 6.30. The van der Waals surface area contributed by atoms with Gasteiger partial charge in [-0.15, -0.1) is 0 Å². The Labute approximate surface area is 266 Å². The first-order valence-corrected chi connectivity index (χ1v) is 16.3. The molecule has 4 rings (SSSR count). The molecule has 2 saturated heterocycles. The van der Waals surface area contributed by atoms with Gasteiger partial charge in [0, 0.05) is 81.2 Å². The summed E-state index contributed by atoms with van der Waals surface area (Å²) in [7, 11) is 0. The second-order valence-corrected chi connectivity index (χ2v) is 13.1. The van der Waals surface area contributed by atoms with Crippen LogP contribution in [0.4, 0.5) is 0 Å². The zero-order chi connectivity index (χ0) is 31.8. The van der Waals surface area contributed by atoms with Crippen molar-refractivity contribution in [2.24, 2.45) is 11.7 Å². The molecular weight excluding hydrogens is 578 g/mol. The molecule has 2 atom stereocenters. The van der Waals surface area contributed by atoms with Crippen molar-refractivity contribution in [1.29, 1.82) is 0 Å². The summed E-state index contributed by atoms with van der Waals surface area (Å²) in [6, 6.07) is 13.4. The van der Waals surface area contributed by atoms with E-state index in [1.807, 2.05) is 21.9 Å². The second kappa shape index (κ2) is 15.7. The molecule has 0 bridgehead atoms. The molecule has 0 unspecified atom stereocenters. The van der Waals surface area contributed by atoms with Crippen LogP contribution < -0.4 is 11.1 Å². The third-order valence-corrected chi connectivity index (χ3v) is 9.18. The Bertz CT molecular complexity index is 1260. The topological polar surface area (TPSA) is 119 Å². The fourth-order valence-electron chi connectivity index (χ4n) is 6.59. The van der Waals surface area contributed by atoms with E-state index >= 15 is 0 Å². The van der Waals surface area contributed by atoms with Crippen LogP contribution in [-0.4, -0.2) is 88.4 Å². The van der Waals surface area contributed by atoms with Gasteiger partial charge in [-0.2, -0.15) is 0 Å².